The monoisotopic (exact) mass is 121 g/mol. The Balaban J connectivity index is 2.38. The summed E-state index contributed by atoms with van der Waals surface area (Å²) < 4.78 is 0. The summed E-state index contributed by atoms with van der Waals surface area (Å²) in [4.78, 5) is 0. The van der Waals surface area contributed by atoms with Gasteiger partial charge in [-0.05, 0) is 26.2 Å². The van der Waals surface area contributed by atoms with E-state index in [1.165, 1.54) is 5.57 Å². The van der Waals surface area contributed by atoms with Gasteiger partial charge in [-0.15, -0.1) is 0 Å². The van der Waals surface area contributed by atoms with E-state index in [1.807, 2.05) is 0 Å². The van der Waals surface area contributed by atoms with E-state index in [-0.39, 0.29) is 0 Å². The summed E-state index contributed by atoms with van der Waals surface area (Å²) in [5.74, 6) is 0.917. The summed E-state index contributed by atoms with van der Waals surface area (Å²) in [6.07, 6.45) is 3.27. The minimum atomic E-state index is 0.333. The van der Waals surface area contributed by atoms with Gasteiger partial charge in [-0.25, -0.2) is 0 Å². The predicted molar refractivity (Wildman–Crippen MR) is 36.6 cm³/mol. The normalized spacial score (nSPS) is 30.8. The fourth-order valence-corrected chi connectivity index (χ4v) is 0.975. The van der Waals surface area contributed by atoms with Crippen LogP contribution >= 0.6 is 0 Å². The number of nitrogens with zero attached hydrogens (tertiary/aromatic N) is 1. The molecule has 0 N–H and O–H groups in total. The lowest BCUT2D eigenvalue weighted by atomic mass is 10.2. The van der Waals surface area contributed by atoms with Crippen LogP contribution in [0.5, 0.6) is 0 Å². The van der Waals surface area contributed by atoms with Crippen LogP contribution in [-0.2, 0) is 0 Å². The molecule has 0 bridgehead atoms. The molecule has 0 radical (unpaired) electrons. The Morgan fingerprint density at radius 1 is 1.67 bits per heavy atom. The summed E-state index contributed by atoms with van der Waals surface area (Å²) >= 11 is 0. The van der Waals surface area contributed by atoms with Crippen molar-refractivity contribution in [3.8, 4) is 6.07 Å². The van der Waals surface area contributed by atoms with Crippen LogP contribution in [0.25, 0.3) is 0 Å². The third-order valence-corrected chi connectivity index (χ3v) is 1.55. The first-order chi connectivity index (χ1) is 4.24. The molecule has 0 amide bonds. The van der Waals surface area contributed by atoms with Gasteiger partial charge in [-0.3, -0.25) is 0 Å². The highest BCUT2D eigenvalue weighted by molar-refractivity contribution is 5.13. The van der Waals surface area contributed by atoms with Gasteiger partial charge in [0.05, 0.1) is 12.0 Å². The van der Waals surface area contributed by atoms with Crippen LogP contribution < -0.4 is 0 Å². The van der Waals surface area contributed by atoms with Crippen molar-refractivity contribution in [2.75, 3.05) is 0 Å². The maximum absolute atomic E-state index is 8.41. The molecule has 48 valence electrons. The molecule has 1 nitrogen and oxygen atoms in total. The Hall–Kier alpha value is -0.770. The molecule has 0 spiro atoms. The van der Waals surface area contributed by atoms with E-state index in [1.54, 1.807) is 0 Å². The van der Waals surface area contributed by atoms with Crippen LogP contribution in [0.15, 0.2) is 11.6 Å². The van der Waals surface area contributed by atoms with Gasteiger partial charge in [0.15, 0.2) is 0 Å². The van der Waals surface area contributed by atoms with E-state index in [0.717, 1.165) is 6.42 Å². The van der Waals surface area contributed by atoms with Crippen molar-refractivity contribution in [1.29, 1.82) is 5.26 Å². The van der Waals surface area contributed by atoms with Crippen molar-refractivity contribution in [3.05, 3.63) is 11.6 Å². The van der Waals surface area contributed by atoms with Gasteiger partial charge in [-0.2, -0.15) is 5.26 Å². The summed E-state index contributed by atoms with van der Waals surface area (Å²) in [6, 6.07) is 2.25. The third kappa shape index (κ3) is 1.57. The second-order valence-corrected chi connectivity index (χ2v) is 2.88. The predicted octanol–water partition coefficient (Wildman–Crippen LogP) is 2.11. The van der Waals surface area contributed by atoms with E-state index in [0.29, 0.717) is 11.8 Å². The van der Waals surface area contributed by atoms with Gasteiger partial charge in [-0.1, -0.05) is 11.6 Å². The molecule has 1 fully saturated rings. The zero-order chi connectivity index (χ0) is 6.85. The van der Waals surface area contributed by atoms with E-state index in [2.05, 4.69) is 26.0 Å². The minimum Gasteiger partial charge on any atom is -0.198 e. The molecule has 0 aromatic rings. The third-order valence-electron chi connectivity index (χ3n) is 1.55. The highest BCUT2D eigenvalue weighted by Crippen LogP contribution is 2.39. The standard InChI is InChI=1S/C8H11N/c1-6(2)3-7-4-8(7)5-9/h3,7-8H,4H2,1-2H3/t7-,8-/m1/s1. The van der Waals surface area contributed by atoms with E-state index >= 15 is 0 Å². The molecule has 1 saturated carbocycles. The van der Waals surface area contributed by atoms with Gasteiger partial charge in [0.1, 0.15) is 0 Å². The van der Waals surface area contributed by atoms with E-state index in [9.17, 15) is 0 Å². The van der Waals surface area contributed by atoms with Crippen LogP contribution in [-0.4, -0.2) is 0 Å². The number of allylic oxidation sites excluding steroid dienone is 2. The van der Waals surface area contributed by atoms with Gasteiger partial charge in [0.25, 0.3) is 0 Å². The molecule has 1 aliphatic rings. The summed E-state index contributed by atoms with van der Waals surface area (Å²) in [5.41, 5.74) is 1.33. The van der Waals surface area contributed by atoms with Crippen molar-refractivity contribution in [2.24, 2.45) is 11.8 Å². The molecule has 0 aliphatic heterocycles. The van der Waals surface area contributed by atoms with Crippen molar-refractivity contribution < 1.29 is 0 Å². The molecule has 0 unspecified atom stereocenters. The SMILES string of the molecule is CC(C)=C[C@@H]1C[C@@H]1C#N. The van der Waals surface area contributed by atoms with Crippen molar-refractivity contribution in [2.45, 2.75) is 20.3 Å². The zero-order valence-electron chi connectivity index (χ0n) is 5.89. The molecular weight excluding hydrogens is 110 g/mol. The van der Waals surface area contributed by atoms with Crippen LogP contribution in [0.3, 0.4) is 0 Å². The van der Waals surface area contributed by atoms with Crippen molar-refractivity contribution in [1.82, 2.24) is 0 Å². The Labute approximate surface area is 56.0 Å². The second-order valence-electron chi connectivity index (χ2n) is 2.88. The van der Waals surface area contributed by atoms with Gasteiger partial charge in [0.2, 0.25) is 0 Å². The van der Waals surface area contributed by atoms with Crippen LogP contribution in [0.1, 0.15) is 20.3 Å². The largest absolute Gasteiger partial charge is 0.198 e. The Kier molecular flexibility index (Phi) is 1.57. The highest BCUT2D eigenvalue weighted by Gasteiger charge is 2.34. The lowest BCUT2D eigenvalue weighted by molar-refractivity contribution is 0.990. The van der Waals surface area contributed by atoms with Crippen LogP contribution in [0.2, 0.25) is 0 Å². The molecular formula is C8H11N. The van der Waals surface area contributed by atoms with Crippen LogP contribution in [0.4, 0.5) is 0 Å². The highest BCUT2D eigenvalue weighted by atomic mass is 14.4. The summed E-state index contributed by atoms with van der Waals surface area (Å²) in [7, 11) is 0. The topological polar surface area (TPSA) is 23.8 Å². The van der Waals surface area contributed by atoms with E-state index < -0.39 is 0 Å². The van der Waals surface area contributed by atoms with Gasteiger partial charge >= 0.3 is 0 Å². The maximum Gasteiger partial charge on any atom is 0.0662 e. The summed E-state index contributed by atoms with van der Waals surface area (Å²) in [5, 5.41) is 8.41. The quantitative estimate of drug-likeness (QED) is 0.487. The first-order valence-electron chi connectivity index (χ1n) is 3.28. The Morgan fingerprint density at radius 2 is 2.33 bits per heavy atom. The Bertz CT molecular complexity index is 169. The molecule has 9 heavy (non-hydrogen) atoms. The fraction of sp³-hybridized carbons (Fsp3) is 0.625. The lowest BCUT2D eigenvalue weighted by Crippen LogP contribution is -1.73. The Morgan fingerprint density at radius 3 is 2.67 bits per heavy atom. The first kappa shape index (κ1) is 6.35. The number of hydrogen-bond acceptors (Lipinski definition) is 1. The molecule has 1 heteroatoms. The molecule has 2 atom stereocenters. The summed E-state index contributed by atoms with van der Waals surface area (Å²) in [6.45, 7) is 4.15. The van der Waals surface area contributed by atoms with Gasteiger partial charge < -0.3 is 0 Å². The molecule has 1 aliphatic carbocycles. The average Bonchev–Trinajstić information content (AvgIpc) is 2.45. The van der Waals surface area contributed by atoms with E-state index in [4.69, 9.17) is 5.26 Å². The zero-order valence-corrected chi connectivity index (χ0v) is 5.89. The average molecular weight is 121 g/mol. The van der Waals surface area contributed by atoms with Crippen LogP contribution in [0, 0.1) is 23.2 Å². The smallest absolute Gasteiger partial charge is 0.0662 e. The molecule has 0 heterocycles. The fourth-order valence-electron chi connectivity index (χ4n) is 0.975. The molecule has 0 aromatic carbocycles. The number of hydrogen-bond donors (Lipinski definition) is 0. The van der Waals surface area contributed by atoms with Gasteiger partial charge in [0, 0.05) is 0 Å². The maximum atomic E-state index is 8.41. The number of rotatable bonds is 1. The molecule has 0 aromatic heterocycles. The molecule has 1 rings (SSSR count). The van der Waals surface area contributed by atoms with Crippen molar-refractivity contribution in [3.63, 3.8) is 0 Å². The molecule has 0 saturated heterocycles. The lowest BCUT2D eigenvalue weighted by Gasteiger charge is -1.84. The minimum absolute atomic E-state index is 0.333. The van der Waals surface area contributed by atoms with Crippen molar-refractivity contribution >= 4 is 0 Å². The number of nitriles is 1. The second kappa shape index (κ2) is 2.23. The first-order valence-corrected chi connectivity index (χ1v) is 3.28.